The van der Waals surface area contributed by atoms with Crippen LogP contribution in [0.4, 0.5) is 13.2 Å². The van der Waals surface area contributed by atoms with Gasteiger partial charge in [0.25, 0.3) is 0 Å². The highest BCUT2D eigenvalue weighted by Crippen LogP contribution is 2.43. The van der Waals surface area contributed by atoms with Gasteiger partial charge in [-0.15, -0.1) is 12.4 Å². The van der Waals surface area contributed by atoms with Crippen molar-refractivity contribution in [2.45, 2.75) is 70.0 Å². The van der Waals surface area contributed by atoms with Crippen LogP contribution in [0.15, 0.2) is 0 Å². The topological polar surface area (TPSA) is 55.1 Å². The summed E-state index contributed by atoms with van der Waals surface area (Å²) in [6, 6.07) is 0.204. The van der Waals surface area contributed by atoms with Gasteiger partial charge < -0.3 is 11.1 Å². The zero-order valence-electron chi connectivity index (χ0n) is 14.6. The Balaban J connectivity index is 0.00000225. The normalized spacial score (nSPS) is 38.6. The lowest BCUT2D eigenvalue weighted by molar-refractivity contribution is -0.196. The summed E-state index contributed by atoms with van der Waals surface area (Å²) in [7, 11) is 0. The minimum absolute atomic E-state index is 0. The van der Waals surface area contributed by atoms with E-state index in [9.17, 15) is 18.0 Å². The van der Waals surface area contributed by atoms with Gasteiger partial charge in [0, 0.05) is 18.5 Å². The van der Waals surface area contributed by atoms with Gasteiger partial charge in [0.1, 0.15) is 0 Å². The monoisotopic (exact) mass is 382 g/mol. The molecule has 0 radical (unpaired) electrons. The summed E-state index contributed by atoms with van der Waals surface area (Å²) in [5.74, 6) is -1.02. The summed E-state index contributed by atoms with van der Waals surface area (Å²) < 4.78 is 39.4. The van der Waals surface area contributed by atoms with Crippen molar-refractivity contribution in [1.29, 1.82) is 0 Å². The number of carbonyl (C=O) groups is 1. The second kappa shape index (κ2) is 8.47. The fraction of sp³-hybridized carbons (Fsp3) is 0.944. The number of fused-ring (bicyclic) bond motifs is 2. The van der Waals surface area contributed by atoms with Crippen molar-refractivity contribution in [2.24, 2.45) is 35.3 Å². The summed E-state index contributed by atoms with van der Waals surface area (Å²) >= 11 is 0. The van der Waals surface area contributed by atoms with Crippen molar-refractivity contribution < 1.29 is 18.0 Å². The molecule has 3 nitrogen and oxygen atoms in total. The predicted molar refractivity (Wildman–Crippen MR) is 93.3 cm³/mol. The van der Waals surface area contributed by atoms with Crippen LogP contribution in [0.3, 0.4) is 0 Å². The van der Waals surface area contributed by atoms with Gasteiger partial charge in [0.05, 0.1) is 5.92 Å². The fourth-order valence-electron chi connectivity index (χ4n) is 5.26. The number of halogens is 4. The minimum Gasteiger partial charge on any atom is -0.356 e. The molecule has 3 fully saturated rings. The van der Waals surface area contributed by atoms with E-state index in [-0.39, 0.29) is 43.2 Å². The minimum atomic E-state index is -4.15. The second-order valence-corrected chi connectivity index (χ2v) is 8.13. The molecule has 4 atom stereocenters. The Bertz CT molecular complexity index is 446. The Labute approximate surface area is 154 Å². The lowest BCUT2D eigenvalue weighted by Crippen LogP contribution is -2.50. The van der Waals surface area contributed by atoms with Crippen molar-refractivity contribution in [3.8, 4) is 0 Å². The molecule has 0 aromatic heterocycles. The van der Waals surface area contributed by atoms with Crippen molar-refractivity contribution in [2.75, 3.05) is 6.54 Å². The largest absolute Gasteiger partial charge is 0.392 e. The summed E-state index contributed by atoms with van der Waals surface area (Å²) in [4.78, 5) is 12.5. The van der Waals surface area contributed by atoms with E-state index in [0.717, 1.165) is 32.1 Å². The molecule has 1 amide bonds. The number of nitrogens with one attached hydrogen (secondary N) is 1. The highest BCUT2D eigenvalue weighted by Gasteiger charge is 2.46. The van der Waals surface area contributed by atoms with Crippen LogP contribution < -0.4 is 11.1 Å². The average Bonchev–Trinajstić information content (AvgIpc) is 2.51. The molecule has 25 heavy (non-hydrogen) atoms. The van der Waals surface area contributed by atoms with Crippen LogP contribution in [-0.2, 0) is 4.79 Å². The molecule has 0 saturated heterocycles. The van der Waals surface area contributed by atoms with Gasteiger partial charge in [-0.2, -0.15) is 13.2 Å². The molecule has 0 aromatic rings. The average molecular weight is 383 g/mol. The first-order chi connectivity index (χ1) is 11.4. The first-order valence-electron chi connectivity index (χ1n) is 9.46. The Morgan fingerprint density at radius 2 is 1.60 bits per heavy atom. The molecular weight excluding hydrogens is 353 g/mol. The predicted octanol–water partition coefficient (Wildman–Crippen LogP) is 4.05. The molecule has 0 aromatic carbocycles. The van der Waals surface area contributed by atoms with Crippen LogP contribution in [0.2, 0.25) is 0 Å². The van der Waals surface area contributed by atoms with E-state index in [0.29, 0.717) is 24.7 Å². The first kappa shape index (κ1) is 20.8. The molecule has 3 N–H and O–H groups in total. The zero-order chi connectivity index (χ0) is 17.3. The summed E-state index contributed by atoms with van der Waals surface area (Å²) in [5.41, 5.74) is 6.25. The van der Waals surface area contributed by atoms with Crippen LogP contribution in [-0.4, -0.2) is 24.7 Å². The van der Waals surface area contributed by atoms with Crippen molar-refractivity contribution in [1.82, 2.24) is 5.32 Å². The molecule has 0 aliphatic heterocycles. The second-order valence-electron chi connectivity index (χ2n) is 8.13. The van der Waals surface area contributed by atoms with E-state index in [2.05, 4.69) is 5.32 Å². The van der Waals surface area contributed by atoms with Gasteiger partial charge >= 0.3 is 6.18 Å². The number of nitrogens with two attached hydrogens (primary N) is 1. The molecule has 0 spiro atoms. The van der Waals surface area contributed by atoms with Crippen LogP contribution in [0, 0.1) is 29.6 Å². The maximum atomic E-state index is 13.1. The van der Waals surface area contributed by atoms with E-state index in [1.54, 1.807) is 0 Å². The Kier molecular flexibility index (Phi) is 7.05. The molecule has 2 bridgehead atoms. The summed E-state index contributed by atoms with van der Waals surface area (Å²) in [6.07, 6.45) is 3.04. The Morgan fingerprint density at radius 1 is 1.00 bits per heavy atom. The molecule has 7 heteroatoms. The van der Waals surface area contributed by atoms with E-state index in [1.807, 2.05) is 0 Å². The third kappa shape index (κ3) is 4.82. The van der Waals surface area contributed by atoms with Crippen molar-refractivity contribution >= 4 is 18.3 Å². The summed E-state index contributed by atoms with van der Waals surface area (Å²) in [5, 5.41) is 2.85. The standard InChI is InChI=1S/C18H29F3N2O.ClH/c19-18(20,21)15-7-2-1-4-13(15)10-23-17(24)14-8-11-5-3-6-12(9-14)16(11)22;/h11-16H,1-10,22H2,(H,23,24);1H. The van der Waals surface area contributed by atoms with Crippen LogP contribution in [0.25, 0.3) is 0 Å². The quantitative estimate of drug-likeness (QED) is 0.773. The van der Waals surface area contributed by atoms with E-state index in [4.69, 9.17) is 5.73 Å². The zero-order valence-corrected chi connectivity index (χ0v) is 15.4. The summed E-state index contributed by atoms with van der Waals surface area (Å²) in [6.45, 7) is 0.168. The molecule has 0 heterocycles. The smallest absolute Gasteiger partial charge is 0.356 e. The maximum absolute atomic E-state index is 13.1. The Hall–Kier alpha value is -0.490. The highest BCUT2D eigenvalue weighted by atomic mass is 35.5. The fourth-order valence-corrected chi connectivity index (χ4v) is 5.26. The van der Waals surface area contributed by atoms with Crippen LogP contribution in [0.1, 0.15) is 57.8 Å². The number of hydrogen-bond donors (Lipinski definition) is 2. The van der Waals surface area contributed by atoms with E-state index >= 15 is 0 Å². The van der Waals surface area contributed by atoms with Crippen LogP contribution in [0.5, 0.6) is 0 Å². The lowest BCUT2D eigenvalue weighted by Gasteiger charge is -2.43. The number of amides is 1. The molecular formula is C18H30ClF3N2O. The van der Waals surface area contributed by atoms with Gasteiger partial charge in [-0.3, -0.25) is 4.79 Å². The van der Waals surface area contributed by atoms with Crippen LogP contribution >= 0.6 is 12.4 Å². The first-order valence-corrected chi connectivity index (χ1v) is 9.46. The maximum Gasteiger partial charge on any atom is 0.392 e. The van der Waals surface area contributed by atoms with Crippen molar-refractivity contribution in [3.63, 3.8) is 0 Å². The van der Waals surface area contributed by atoms with Gasteiger partial charge in [-0.1, -0.05) is 19.3 Å². The third-order valence-corrected chi connectivity index (χ3v) is 6.65. The highest BCUT2D eigenvalue weighted by molar-refractivity contribution is 5.85. The number of alkyl halides is 3. The molecule has 3 saturated carbocycles. The van der Waals surface area contributed by atoms with Crippen molar-refractivity contribution in [3.05, 3.63) is 0 Å². The molecule has 3 aliphatic carbocycles. The van der Waals surface area contributed by atoms with E-state index < -0.39 is 18.0 Å². The Morgan fingerprint density at radius 3 is 2.20 bits per heavy atom. The van der Waals surface area contributed by atoms with Gasteiger partial charge in [-0.05, 0) is 56.3 Å². The number of carbonyl (C=O) groups excluding carboxylic acids is 1. The molecule has 3 aliphatic rings. The van der Waals surface area contributed by atoms with Gasteiger partial charge in [-0.25, -0.2) is 0 Å². The van der Waals surface area contributed by atoms with E-state index in [1.165, 1.54) is 6.42 Å². The number of hydrogen-bond acceptors (Lipinski definition) is 2. The molecule has 146 valence electrons. The molecule has 3 rings (SSSR count). The SMILES string of the molecule is Cl.NC1C2CCCC1CC(C(=O)NCC1CCCCC1C(F)(F)F)C2. The lowest BCUT2D eigenvalue weighted by atomic mass is 9.65. The van der Waals surface area contributed by atoms with Gasteiger partial charge in [0.15, 0.2) is 0 Å². The molecule has 4 unspecified atom stereocenters. The number of rotatable bonds is 3. The van der Waals surface area contributed by atoms with Gasteiger partial charge in [0.2, 0.25) is 5.91 Å². The third-order valence-electron chi connectivity index (χ3n) is 6.65.